The van der Waals surface area contributed by atoms with E-state index < -0.39 is 11.9 Å². The van der Waals surface area contributed by atoms with Gasteiger partial charge < -0.3 is 14.8 Å². The molecule has 6 nitrogen and oxygen atoms in total. The van der Waals surface area contributed by atoms with Gasteiger partial charge in [0.25, 0.3) is 0 Å². The summed E-state index contributed by atoms with van der Waals surface area (Å²) < 4.78 is 9.55. The third-order valence-corrected chi connectivity index (χ3v) is 3.92. The van der Waals surface area contributed by atoms with Crippen molar-refractivity contribution in [2.75, 3.05) is 19.5 Å². The number of rotatable bonds is 4. The average molecular weight is 387 g/mol. The molecule has 0 aliphatic rings. The van der Waals surface area contributed by atoms with Crippen LogP contribution in [0.5, 0.6) is 0 Å². The summed E-state index contributed by atoms with van der Waals surface area (Å²) in [5, 5.41) is 4.07. The molecule has 0 radical (unpaired) electrons. The molecule has 3 aromatic rings. The van der Waals surface area contributed by atoms with Gasteiger partial charge in [-0.2, -0.15) is 0 Å². The molecule has 0 saturated heterocycles. The molecule has 0 spiro atoms. The number of carbonyl (C=O) groups is 2. The van der Waals surface area contributed by atoms with Crippen LogP contribution in [0, 0.1) is 6.92 Å². The highest BCUT2D eigenvalue weighted by atomic mass is 35.5. The number of esters is 2. The minimum atomic E-state index is -0.411. The van der Waals surface area contributed by atoms with Gasteiger partial charge in [-0.3, -0.25) is 4.98 Å². The lowest BCUT2D eigenvalue weighted by molar-refractivity contribution is 0.0592. The van der Waals surface area contributed by atoms with E-state index in [9.17, 15) is 9.59 Å². The lowest BCUT2D eigenvalue weighted by Crippen LogP contribution is -2.03. The van der Waals surface area contributed by atoms with Crippen molar-refractivity contribution in [1.29, 1.82) is 0 Å². The number of nitrogens with one attached hydrogen (secondary N) is 1. The molecule has 3 rings (SSSR count). The van der Waals surface area contributed by atoms with Crippen molar-refractivity contribution >= 4 is 46.6 Å². The van der Waals surface area contributed by atoms with E-state index in [1.54, 1.807) is 36.4 Å². The number of ether oxygens (including phenoxy) is 2. The maximum Gasteiger partial charge on any atom is 0.337 e. The molecule has 27 heavy (non-hydrogen) atoms. The maximum absolute atomic E-state index is 11.8. The van der Waals surface area contributed by atoms with E-state index in [2.05, 4.69) is 10.3 Å². The number of carbonyl (C=O) groups excluding carboxylic acids is 2. The lowest BCUT2D eigenvalue weighted by Gasteiger charge is -2.12. The van der Waals surface area contributed by atoms with Crippen LogP contribution in [0.1, 0.15) is 26.4 Å². The Balaban J connectivity index is 0.00000261. The molecule has 1 heterocycles. The summed E-state index contributed by atoms with van der Waals surface area (Å²) in [5.74, 6) is -0.816. The van der Waals surface area contributed by atoms with E-state index >= 15 is 0 Å². The van der Waals surface area contributed by atoms with Crippen LogP contribution in [-0.4, -0.2) is 31.1 Å². The van der Waals surface area contributed by atoms with Gasteiger partial charge in [-0.05, 0) is 49.4 Å². The van der Waals surface area contributed by atoms with E-state index in [0.717, 1.165) is 28.0 Å². The van der Waals surface area contributed by atoms with Crippen LogP contribution >= 0.6 is 12.4 Å². The Labute approximate surface area is 162 Å². The fourth-order valence-corrected chi connectivity index (χ4v) is 2.70. The second-order valence-electron chi connectivity index (χ2n) is 5.73. The number of fused-ring (bicyclic) bond motifs is 1. The van der Waals surface area contributed by atoms with Crippen molar-refractivity contribution < 1.29 is 19.1 Å². The summed E-state index contributed by atoms with van der Waals surface area (Å²) in [4.78, 5) is 28.1. The van der Waals surface area contributed by atoms with Crippen molar-refractivity contribution in [3.63, 3.8) is 0 Å². The Morgan fingerprint density at radius 3 is 2.26 bits per heavy atom. The molecule has 0 aliphatic carbocycles. The second kappa shape index (κ2) is 8.51. The summed E-state index contributed by atoms with van der Waals surface area (Å²) in [6.45, 7) is 1.89. The molecule has 1 N–H and O–H groups in total. The van der Waals surface area contributed by atoms with E-state index in [-0.39, 0.29) is 12.4 Å². The van der Waals surface area contributed by atoms with Gasteiger partial charge in [0.15, 0.2) is 0 Å². The predicted octanol–water partition coefficient (Wildman–Crippen LogP) is 4.28. The number of aromatic nitrogens is 1. The highest BCUT2D eigenvalue weighted by Crippen LogP contribution is 2.28. The number of nitrogens with zero attached hydrogens (tertiary/aromatic N) is 1. The Bertz CT molecular complexity index is 1000. The minimum absolute atomic E-state index is 0. The molecular formula is C20H19ClN2O4. The molecule has 1 aromatic heterocycles. The molecule has 0 saturated carbocycles. The third kappa shape index (κ3) is 4.35. The first-order chi connectivity index (χ1) is 12.5. The van der Waals surface area contributed by atoms with Crippen molar-refractivity contribution in [1.82, 2.24) is 4.98 Å². The molecular weight excluding hydrogens is 368 g/mol. The molecule has 0 fully saturated rings. The van der Waals surface area contributed by atoms with Crippen LogP contribution in [0.4, 0.5) is 11.4 Å². The lowest BCUT2D eigenvalue weighted by atomic mass is 10.1. The normalized spacial score (nSPS) is 10.0. The van der Waals surface area contributed by atoms with Gasteiger partial charge in [0.05, 0.1) is 30.9 Å². The van der Waals surface area contributed by atoms with Crippen LogP contribution in [0.2, 0.25) is 0 Å². The Morgan fingerprint density at radius 1 is 0.926 bits per heavy atom. The van der Waals surface area contributed by atoms with Crippen LogP contribution < -0.4 is 5.32 Å². The third-order valence-electron chi connectivity index (χ3n) is 3.92. The first-order valence-corrected chi connectivity index (χ1v) is 7.97. The van der Waals surface area contributed by atoms with E-state index in [4.69, 9.17) is 9.47 Å². The zero-order chi connectivity index (χ0) is 18.7. The van der Waals surface area contributed by atoms with Crippen LogP contribution in [0.3, 0.4) is 0 Å². The topological polar surface area (TPSA) is 77.5 Å². The fraction of sp³-hybridized carbons (Fsp3) is 0.150. The predicted molar refractivity (Wildman–Crippen MR) is 106 cm³/mol. The Hall–Kier alpha value is -3.12. The summed E-state index contributed by atoms with van der Waals surface area (Å²) >= 11 is 0. The van der Waals surface area contributed by atoms with Gasteiger partial charge in [0.1, 0.15) is 0 Å². The number of methoxy groups -OCH3 is 2. The van der Waals surface area contributed by atoms with E-state index in [1.165, 1.54) is 14.2 Å². The fourth-order valence-electron chi connectivity index (χ4n) is 2.70. The van der Waals surface area contributed by atoms with Crippen LogP contribution in [0.25, 0.3) is 10.9 Å². The zero-order valence-electron chi connectivity index (χ0n) is 15.1. The molecule has 7 heteroatoms. The van der Waals surface area contributed by atoms with Gasteiger partial charge in [-0.15, -0.1) is 12.4 Å². The summed E-state index contributed by atoms with van der Waals surface area (Å²) in [6, 6.07) is 14.1. The summed E-state index contributed by atoms with van der Waals surface area (Å²) in [5.41, 5.74) is 3.97. The minimum Gasteiger partial charge on any atom is -0.465 e. The molecule has 140 valence electrons. The number of anilines is 2. The smallest absolute Gasteiger partial charge is 0.337 e. The van der Waals surface area contributed by atoms with E-state index in [0.29, 0.717) is 11.1 Å². The van der Waals surface area contributed by atoms with Crippen molar-refractivity contribution in [2.24, 2.45) is 0 Å². The maximum atomic E-state index is 11.8. The number of hydrogen-bond donors (Lipinski definition) is 1. The highest BCUT2D eigenvalue weighted by molar-refractivity contribution is 6.00. The van der Waals surface area contributed by atoms with Crippen molar-refractivity contribution in [3.05, 3.63) is 65.4 Å². The second-order valence-corrected chi connectivity index (χ2v) is 5.73. The average Bonchev–Trinajstić information content (AvgIpc) is 2.66. The van der Waals surface area contributed by atoms with Crippen molar-refractivity contribution in [3.8, 4) is 0 Å². The van der Waals surface area contributed by atoms with Gasteiger partial charge in [0.2, 0.25) is 0 Å². The molecule has 0 amide bonds. The van der Waals surface area contributed by atoms with Gasteiger partial charge >= 0.3 is 11.9 Å². The van der Waals surface area contributed by atoms with Crippen molar-refractivity contribution in [2.45, 2.75) is 6.92 Å². The number of hydrogen-bond acceptors (Lipinski definition) is 6. The number of benzene rings is 2. The number of halogens is 1. The van der Waals surface area contributed by atoms with Crippen LogP contribution in [0.15, 0.2) is 48.5 Å². The molecule has 2 aromatic carbocycles. The molecule has 0 aliphatic heterocycles. The van der Waals surface area contributed by atoms with Crippen LogP contribution in [-0.2, 0) is 9.47 Å². The summed E-state index contributed by atoms with van der Waals surface area (Å²) in [6.07, 6.45) is 0. The standard InChI is InChI=1S/C20H18N2O4.ClH/c1-12-9-18(22-15-6-4-5-13(10-15)19(23)25-2)16-11-14(20(24)26-3)7-8-17(16)21-12;/h4-11H,1-3H3,(H,21,22);1H. The first-order valence-electron chi connectivity index (χ1n) is 7.97. The Morgan fingerprint density at radius 2 is 1.59 bits per heavy atom. The number of pyridine rings is 1. The SMILES string of the molecule is COC(=O)c1cccc(Nc2cc(C)nc3ccc(C(=O)OC)cc23)c1.Cl. The van der Waals surface area contributed by atoms with Gasteiger partial charge in [0, 0.05) is 22.5 Å². The number of aryl methyl sites for hydroxylation is 1. The molecule has 0 bridgehead atoms. The molecule has 0 unspecified atom stereocenters. The van der Waals surface area contributed by atoms with E-state index in [1.807, 2.05) is 19.1 Å². The monoisotopic (exact) mass is 386 g/mol. The highest BCUT2D eigenvalue weighted by Gasteiger charge is 2.11. The van der Waals surface area contributed by atoms with Gasteiger partial charge in [-0.25, -0.2) is 9.59 Å². The molecule has 0 atom stereocenters. The van der Waals surface area contributed by atoms with Gasteiger partial charge in [-0.1, -0.05) is 6.07 Å². The first kappa shape index (κ1) is 20.2. The zero-order valence-corrected chi connectivity index (χ0v) is 15.9. The largest absolute Gasteiger partial charge is 0.465 e. The Kier molecular flexibility index (Phi) is 6.36. The quantitative estimate of drug-likeness (QED) is 0.674. The summed E-state index contributed by atoms with van der Waals surface area (Å²) in [7, 11) is 2.69.